The van der Waals surface area contributed by atoms with Gasteiger partial charge in [-0.05, 0) is 32.8 Å². The molecule has 0 amide bonds. The molecule has 0 radical (unpaired) electrons. The standard InChI is InChI=1S/C15H18N2O5/c1-3-21-13(18)7-5-6-12-11(15(20)22-4-2)8-10(9-16)14(19)17-12/h8H,3-7H2,1-2H3,(H,17,19). The molecule has 0 aliphatic carbocycles. The number of esters is 2. The fourth-order valence-electron chi connectivity index (χ4n) is 1.83. The molecule has 0 aliphatic heterocycles. The molecule has 0 bridgehead atoms. The number of aromatic nitrogens is 1. The summed E-state index contributed by atoms with van der Waals surface area (Å²) in [5.41, 5.74) is 0.316. The van der Waals surface area contributed by atoms with Crippen molar-refractivity contribution in [3.05, 3.63) is 22.9 Å². The summed E-state index contributed by atoms with van der Waals surface area (Å²) in [6, 6.07) is 3.01. The summed E-state index contributed by atoms with van der Waals surface area (Å²) in [6.07, 6.45) is 0.869. The van der Waals surface area contributed by atoms with Crippen LogP contribution in [0.5, 0.6) is 5.88 Å². The van der Waals surface area contributed by atoms with Crippen LogP contribution in [0.2, 0.25) is 0 Å². The van der Waals surface area contributed by atoms with Crippen molar-refractivity contribution >= 4 is 11.9 Å². The van der Waals surface area contributed by atoms with Crippen molar-refractivity contribution in [3.63, 3.8) is 0 Å². The molecular formula is C15H18N2O5. The zero-order chi connectivity index (χ0) is 16.5. The second-order valence-electron chi connectivity index (χ2n) is 4.34. The number of hydrogen-bond acceptors (Lipinski definition) is 7. The summed E-state index contributed by atoms with van der Waals surface area (Å²) in [6.45, 7) is 3.88. The van der Waals surface area contributed by atoms with E-state index in [0.717, 1.165) is 0 Å². The fourth-order valence-corrected chi connectivity index (χ4v) is 1.83. The molecule has 1 N–H and O–H groups in total. The number of carbonyl (C=O) groups is 2. The van der Waals surface area contributed by atoms with Gasteiger partial charge >= 0.3 is 11.9 Å². The number of carbonyl (C=O) groups excluding carboxylic acids is 2. The van der Waals surface area contributed by atoms with Crippen LogP contribution in [-0.4, -0.2) is 35.2 Å². The van der Waals surface area contributed by atoms with Crippen LogP contribution in [0, 0.1) is 11.3 Å². The molecule has 0 saturated heterocycles. The molecule has 1 aromatic rings. The maximum atomic E-state index is 11.9. The van der Waals surface area contributed by atoms with Gasteiger partial charge in [0.15, 0.2) is 0 Å². The topological polar surface area (TPSA) is 110 Å². The molecule has 0 unspecified atom stereocenters. The fraction of sp³-hybridized carbons (Fsp3) is 0.467. The van der Waals surface area contributed by atoms with Gasteiger partial charge < -0.3 is 14.6 Å². The molecule has 1 aromatic heterocycles. The Hall–Kier alpha value is -2.62. The molecule has 1 heterocycles. The minimum absolute atomic E-state index is 0.0998. The lowest BCUT2D eigenvalue weighted by atomic mass is 10.1. The van der Waals surface area contributed by atoms with E-state index in [-0.39, 0.29) is 36.5 Å². The number of hydrogen-bond donors (Lipinski definition) is 1. The Kier molecular flexibility index (Phi) is 6.83. The van der Waals surface area contributed by atoms with Crippen molar-refractivity contribution in [2.45, 2.75) is 33.1 Å². The molecule has 0 saturated carbocycles. The van der Waals surface area contributed by atoms with Crippen LogP contribution in [0.1, 0.15) is 48.3 Å². The SMILES string of the molecule is CCOC(=O)CCCc1nc(O)c(C#N)cc1C(=O)OCC. The summed E-state index contributed by atoms with van der Waals surface area (Å²) >= 11 is 0. The van der Waals surface area contributed by atoms with Crippen molar-refractivity contribution in [1.29, 1.82) is 5.26 Å². The molecule has 0 aromatic carbocycles. The lowest BCUT2D eigenvalue weighted by Gasteiger charge is -2.09. The predicted molar refractivity (Wildman–Crippen MR) is 76.1 cm³/mol. The van der Waals surface area contributed by atoms with Gasteiger partial charge in [0.1, 0.15) is 11.6 Å². The molecule has 1 rings (SSSR count). The Balaban J connectivity index is 2.92. The highest BCUT2D eigenvalue weighted by atomic mass is 16.5. The lowest BCUT2D eigenvalue weighted by Crippen LogP contribution is -2.11. The number of nitriles is 1. The third-order valence-corrected chi connectivity index (χ3v) is 2.80. The van der Waals surface area contributed by atoms with E-state index >= 15 is 0 Å². The van der Waals surface area contributed by atoms with Crippen LogP contribution in [0.4, 0.5) is 0 Å². The van der Waals surface area contributed by atoms with Crippen LogP contribution in [-0.2, 0) is 20.7 Å². The third kappa shape index (κ3) is 4.74. The molecule has 7 heteroatoms. The van der Waals surface area contributed by atoms with Gasteiger partial charge in [0.2, 0.25) is 5.88 Å². The van der Waals surface area contributed by atoms with Crippen molar-refractivity contribution < 1.29 is 24.2 Å². The van der Waals surface area contributed by atoms with E-state index in [4.69, 9.17) is 14.7 Å². The van der Waals surface area contributed by atoms with Gasteiger partial charge in [-0.15, -0.1) is 0 Å². The Labute approximate surface area is 128 Å². The van der Waals surface area contributed by atoms with Crippen molar-refractivity contribution in [1.82, 2.24) is 4.98 Å². The highest BCUT2D eigenvalue weighted by Crippen LogP contribution is 2.20. The second-order valence-corrected chi connectivity index (χ2v) is 4.34. The Morgan fingerprint density at radius 1 is 1.32 bits per heavy atom. The van der Waals surface area contributed by atoms with Gasteiger partial charge in [0, 0.05) is 6.42 Å². The van der Waals surface area contributed by atoms with E-state index in [0.29, 0.717) is 18.7 Å². The number of pyridine rings is 1. The molecular weight excluding hydrogens is 288 g/mol. The highest BCUT2D eigenvalue weighted by molar-refractivity contribution is 5.91. The Morgan fingerprint density at radius 2 is 2.00 bits per heavy atom. The van der Waals surface area contributed by atoms with Crippen LogP contribution >= 0.6 is 0 Å². The first-order valence-electron chi connectivity index (χ1n) is 6.99. The zero-order valence-corrected chi connectivity index (χ0v) is 12.6. The van der Waals surface area contributed by atoms with Crippen LogP contribution in [0.3, 0.4) is 0 Å². The Bertz CT molecular complexity index is 592. The molecule has 0 atom stereocenters. The normalized spacial score (nSPS) is 9.86. The van der Waals surface area contributed by atoms with E-state index in [1.807, 2.05) is 0 Å². The molecule has 22 heavy (non-hydrogen) atoms. The van der Waals surface area contributed by atoms with Crippen LogP contribution in [0.15, 0.2) is 6.07 Å². The Morgan fingerprint density at radius 3 is 2.59 bits per heavy atom. The van der Waals surface area contributed by atoms with E-state index in [2.05, 4.69) is 4.98 Å². The average molecular weight is 306 g/mol. The van der Waals surface area contributed by atoms with Gasteiger partial charge in [0.25, 0.3) is 0 Å². The molecule has 0 aliphatic rings. The highest BCUT2D eigenvalue weighted by Gasteiger charge is 2.18. The molecule has 118 valence electrons. The van der Waals surface area contributed by atoms with Gasteiger partial charge in [-0.1, -0.05) is 0 Å². The first kappa shape index (κ1) is 17.4. The van der Waals surface area contributed by atoms with Crippen molar-refractivity contribution in [2.24, 2.45) is 0 Å². The monoisotopic (exact) mass is 306 g/mol. The minimum Gasteiger partial charge on any atom is -0.492 e. The van der Waals surface area contributed by atoms with Crippen LogP contribution < -0.4 is 0 Å². The quantitative estimate of drug-likeness (QED) is 0.764. The van der Waals surface area contributed by atoms with Crippen molar-refractivity contribution in [3.8, 4) is 11.9 Å². The number of nitrogens with zero attached hydrogens (tertiary/aromatic N) is 2. The van der Waals surface area contributed by atoms with Crippen molar-refractivity contribution in [2.75, 3.05) is 13.2 Å². The number of aromatic hydroxyl groups is 1. The number of ether oxygens (including phenoxy) is 2. The van der Waals surface area contributed by atoms with E-state index in [1.54, 1.807) is 19.9 Å². The average Bonchev–Trinajstić information content (AvgIpc) is 2.48. The summed E-state index contributed by atoms with van der Waals surface area (Å²) in [7, 11) is 0. The maximum absolute atomic E-state index is 11.9. The van der Waals surface area contributed by atoms with E-state index < -0.39 is 11.8 Å². The van der Waals surface area contributed by atoms with E-state index in [1.165, 1.54) is 6.07 Å². The predicted octanol–water partition coefficient (Wildman–Crippen LogP) is 1.72. The number of rotatable bonds is 7. The molecule has 0 fully saturated rings. The first-order valence-corrected chi connectivity index (χ1v) is 6.99. The largest absolute Gasteiger partial charge is 0.492 e. The summed E-state index contributed by atoms with van der Waals surface area (Å²) in [4.78, 5) is 27.1. The third-order valence-electron chi connectivity index (χ3n) is 2.80. The summed E-state index contributed by atoms with van der Waals surface area (Å²) in [5, 5.41) is 18.5. The molecule has 0 spiro atoms. The van der Waals surface area contributed by atoms with Crippen LogP contribution in [0.25, 0.3) is 0 Å². The zero-order valence-electron chi connectivity index (χ0n) is 12.6. The second kappa shape index (κ2) is 8.62. The maximum Gasteiger partial charge on any atom is 0.340 e. The van der Waals surface area contributed by atoms with Gasteiger partial charge in [0.05, 0.1) is 24.5 Å². The summed E-state index contributed by atoms with van der Waals surface area (Å²) < 4.78 is 9.73. The van der Waals surface area contributed by atoms with Gasteiger partial charge in [-0.25, -0.2) is 9.78 Å². The van der Waals surface area contributed by atoms with E-state index in [9.17, 15) is 14.7 Å². The smallest absolute Gasteiger partial charge is 0.340 e. The summed E-state index contributed by atoms with van der Waals surface area (Å²) in [5.74, 6) is -1.39. The first-order chi connectivity index (χ1) is 10.5. The molecule has 7 nitrogen and oxygen atoms in total. The van der Waals surface area contributed by atoms with Gasteiger partial charge in [-0.3, -0.25) is 4.79 Å². The van der Waals surface area contributed by atoms with Gasteiger partial charge in [-0.2, -0.15) is 5.26 Å². The minimum atomic E-state index is -0.613. The number of aryl methyl sites for hydroxylation is 1. The lowest BCUT2D eigenvalue weighted by molar-refractivity contribution is -0.143.